The number of benzene rings is 1. The number of aliphatic hydroxyl groups excluding tert-OH is 1. The lowest BCUT2D eigenvalue weighted by molar-refractivity contribution is 0.0152. The van der Waals surface area contributed by atoms with Crippen LogP contribution in [0.25, 0.3) is 0 Å². The molecule has 0 saturated carbocycles. The number of rotatable bonds is 6. The lowest BCUT2D eigenvalue weighted by atomic mass is 10.2. The van der Waals surface area contributed by atoms with E-state index in [1.165, 1.54) is 10.5 Å². The van der Waals surface area contributed by atoms with Crippen LogP contribution in [0.15, 0.2) is 29.2 Å². The molecule has 1 atom stereocenters. The second-order valence-electron chi connectivity index (χ2n) is 4.11. The molecule has 1 aromatic carbocycles. The third-order valence-electron chi connectivity index (χ3n) is 2.15. The van der Waals surface area contributed by atoms with E-state index in [9.17, 15) is 5.11 Å². The van der Waals surface area contributed by atoms with Crippen molar-refractivity contribution in [1.82, 2.24) is 0 Å². The summed E-state index contributed by atoms with van der Waals surface area (Å²) in [5.41, 5.74) is 1.25. The fraction of sp³-hybridized carbons (Fsp3) is 0.538. The van der Waals surface area contributed by atoms with Crippen molar-refractivity contribution in [1.29, 1.82) is 0 Å². The Labute approximate surface area is 102 Å². The molecule has 3 heteroatoms. The Kier molecular flexibility index (Phi) is 5.88. The molecular formula is C13H20O2S. The number of hydrogen-bond donors (Lipinski definition) is 1. The molecular weight excluding hydrogens is 220 g/mol. The maximum atomic E-state index is 9.70. The highest BCUT2D eigenvalue weighted by molar-refractivity contribution is 7.99. The van der Waals surface area contributed by atoms with Crippen molar-refractivity contribution in [3.63, 3.8) is 0 Å². The fourth-order valence-corrected chi connectivity index (χ4v) is 2.19. The zero-order chi connectivity index (χ0) is 12.0. The Hall–Kier alpha value is -0.510. The Morgan fingerprint density at radius 1 is 1.31 bits per heavy atom. The lowest BCUT2D eigenvalue weighted by Crippen LogP contribution is -2.20. The van der Waals surface area contributed by atoms with E-state index in [1.54, 1.807) is 11.8 Å². The molecule has 0 aliphatic heterocycles. The van der Waals surface area contributed by atoms with Crippen LogP contribution < -0.4 is 0 Å². The van der Waals surface area contributed by atoms with E-state index in [0.717, 1.165) is 0 Å². The first-order valence-electron chi connectivity index (χ1n) is 5.57. The van der Waals surface area contributed by atoms with Crippen LogP contribution in [0.3, 0.4) is 0 Å². The molecule has 2 nitrogen and oxygen atoms in total. The smallest absolute Gasteiger partial charge is 0.0867 e. The third-order valence-corrected chi connectivity index (χ3v) is 3.47. The van der Waals surface area contributed by atoms with Crippen molar-refractivity contribution in [3.8, 4) is 0 Å². The number of aryl methyl sites for hydroxylation is 1. The summed E-state index contributed by atoms with van der Waals surface area (Å²) in [5, 5.41) is 9.70. The molecule has 0 spiro atoms. The number of ether oxygens (including phenoxy) is 1. The molecule has 0 aliphatic rings. The summed E-state index contributed by atoms with van der Waals surface area (Å²) in [6.45, 7) is 6.44. The van der Waals surface area contributed by atoms with Crippen molar-refractivity contribution in [2.24, 2.45) is 0 Å². The van der Waals surface area contributed by atoms with E-state index in [1.807, 2.05) is 26.0 Å². The van der Waals surface area contributed by atoms with Crippen LogP contribution in [0.5, 0.6) is 0 Å². The van der Waals surface area contributed by atoms with Gasteiger partial charge in [0.25, 0.3) is 0 Å². The second-order valence-corrected chi connectivity index (χ2v) is 5.17. The quantitative estimate of drug-likeness (QED) is 0.775. The fourth-order valence-electron chi connectivity index (χ4n) is 1.26. The van der Waals surface area contributed by atoms with Gasteiger partial charge in [0.05, 0.1) is 18.8 Å². The highest BCUT2D eigenvalue weighted by Crippen LogP contribution is 2.22. The Morgan fingerprint density at radius 2 is 2.00 bits per heavy atom. The zero-order valence-corrected chi connectivity index (χ0v) is 11.0. The summed E-state index contributed by atoms with van der Waals surface area (Å²) in [4.78, 5) is 1.23. The Balaban J connectivity index is 2.31. The molecule has 0 radical (unpaired) electrons. The van der Waals surface area contributed by atoms with Gasteiger partial charge in [0, 0.05) is 10.6 Å². The van der Waals surface area contributed by atoms with Gasteiger partial charge >= 0.3 is 0 Å². The summed E-state index contributed by atoms with van der Waals surface area (Å²) in [6, 6.07) is 8.21. The van der Waals surface area contributed by atoms with E-state index in [2.05, 4.69) is 19.1 Å². The van der Waals surface area contributed by atoms with Crippen LogP contribution in [-0.4, -0.2) is 29.7 Å². The summed E-state index contributed by atoms with van der Waals surface area (Å²) < 4.78 is 5.36. The Morgan fingerprint density at radius 3 is 2.62 bits per heavy atom. The third kappa shape index (κ3) is 5.01. The maximum Gasteiger partial charge on any atom is 0.0867 e. The van der Waals surface area contributed by atoms with Crippen LogP contribution in [0.4, 0.5) is 0 Å². The molecule has 1 N–H and O–H groups in total. The van der Waals surface area contributed by atoms with Gasteiger partial charge in [-0.3, -0.25) is 0 Å². The van der Waals surface area contributed by atoms with Gasteiger partial charge in [-0.05, 0) is 32.4 Å². The molecule has 1 aromatic rings. The van der Waals surface area contributed by atoms with Crippen LogP contribution in [-0.2, 0) is 4.74 Å². The first-order valence-corrected chi connectivity index (χ1v) is 6.56. The molecule has 0 aliphatic carbocycles. The zero-order valence-electron chi connectivity index (χ0n) is 10.1. The monoisotopic (exact) mass is 240 g/mol. The second kappa shape index (κ2) is 6.94. The molecule has 1 unspecified atom stereocenters. The van der Waals surface area contributed by atoms with Gasteiger partial charge in [-0.15, -0.1) is 11.8 Å². The summed E-state index contributed by atoms with van der Waals surface area (Å²) in [7, 11) is 0. The van der Waals surface area contributed by atoms with Gasteiger partial charge in [0.2, 0.25) is 0 Å². The Bertz CT molecular complexity index is 313. The van der Waals surface area contributed by atoms with E-state index in [-0.39, 0.29) is 6.10 Å². The summed E-state index contributed by atoms with van der Waals surface area (Å²) in [5.74, 6) is 0.678. The minimum atomic E-state index is -0.396. The maximum absolute atomic E-state index is 9.70. The van der Waals surface area contributed by atoms with Crippen molar-refractivity contribution >= 4 is 11.8 Å². The van der Waals surface area contributed by atoms with E-state index >= 15 is 0 Å². The van der Waals surface area contributed by atoms with Gasteiger partial charge in [0.15, 0.2) is 0 Å². The van der Waals surface area contributed by atoms with Crippen LogP contribution >= 0.6 is 11.8 Å². The van der Waals surface area contributed by atoms with Crippen molar-refractivity contribution in [2.45, 2.75) is 37.9 Å². The average Bonchev–Trinajstić information content (AvgIpc) is 2.25. The molecule has 0 amide bonds. The highest BCUT2D eigenvalue weighted by Gasteiger charge is 2.07. The van der Waals surface area contributed by atoms with Crippen molar-refractivity contribution in [2.75, 3.05) is 12.4 Å². The van der Waals surface area contributed by atoms with Gasteiger partial charge in [0.1, 0.15) is 0 Å². The topological polar surface area (TPSA) is 29.5 Å². The largest absolute Gasteiger partial charge is 0.390 e. The minimum absolute atomic E-state index is 0.179. The first kappa shape index (κ1) is 13.6. The molecule has 0 aromatic heterocycles. The molecule has 0 saturated heterocycles. The number of aliphatic hydroxyl groups is 1. The number of hydrogen-bond acceptors (Lipinski definition) is 3. The highest BCUT2D eigenvalue weighted by atomic mass is 32.2. The molecule has 16 heavy (non-hydrogen) atoms. The van der Waals surface area contributed by atoms with Crippen molar-refractivity contribution < 1.29 is 9.84 Å². The average molecular weight is 240 g/mol. The normalized spacial score (nSPS) is 13.1. The molecule has 1 rings (SSSR count). The van der Waals surface area contributed by atoms with E-state index in [0.29, 0.717) is 12.4 Å². The van der Waals surface area contributed by atoms with E-state index < -0.39 is 6.10 Å². The van der Waals surface area contributed by atoms with Crippen LogP contribution in [0.2, 0.25) is 0 Å². The number of thioether (sulfide) groups is 1. The predicted octanol–water partition coefficient (Wildman–Crippen LogP) is 2.87. The summed E-state index contributed by atoms with van der Waals surface area (Å²) >= 11 is 1.68. The summed E-state index contributed by atoms with van der Waals surface area (Å²) in [6.07, 6.45) is -0.217. The molecule has 0 fully saturated rings. The molecule has 0 bridgehead atoms. The standard InChI is InChI=1S/C13H20O2S/c1-10(2)15-8-12(14)9-16-13-7-5-4-6-11(13)3/h4-7,10,12,14H,8-9H2,1-3H3. The lowest BCUT2D eigenvalue weighted by Gasteiger charge is -2.13. The van der Waals surface area contributed by atoms with E-state index in [4.69, 9.17) is 4.74 Å². The van der Waals surface area contributed by atoms with Gasteiger partial charge in [-0.25, -0.2) is 0 Å². The van der Waals surface area contributed by atoms with Gasteiger partial charge < -0.3 is 9.84 Å². The van der Waals surface area contributed by atoms with Crippen molar-refractivity contribution in [3.05, 3.63) is 29.8 Å². The van der Waals surface area contributed by atoms with Gasteiger partial charge in [-0.2, -0.15) is 0 Å². The van der Waals surface area contributed by atoms with Gasteiger partial charge in [-0.1, -0.05) is 18.2 Å². The van der Waals surface area contributed by atoms with Crippen LogP contribution in [0.1, 0.15) is 19.4 Å². The van der Waals surface area contributed by atoms with Crippen LogP contribution in [0, 0.1) is 6.92 Å². The molecule has 0 heterocycles. The molecule has 90 valence electrons. The first-order chi connectivity index (χ1) is 7.59. The SMILES string of the molecule is Cc1ccccc1SCC(O)COC(C)C. The minimum Gasteiger partial charge on any atom is -0.390 e. The predicted molar refractivity (Wildman–Crippen MR) is 69.0 cm³/mol.